The van der Waals surface area contributed by atoms with Gasteiger partial charge in [0.15, 0.2) is 11.5 Å². The average Bonchev–Trinajstić information content (AvgIpc) is 3.18. The lowest BCUT2D eigenvalue weighted by atomic mass is 10.1. The molecule has 0 unspecified atom stereocenters. The number of ether oxygens (including phenoxy) is 2. The molecule has 1 aliphatic rings. The molecule has 0 saturated heterocycles. The Hall–Kier alpha value is -2.08. The number of hydrogen-bond acceptors (Lipinski definition) is 6. The van der Waals surface area contributed by atoms with Gasteiger partial charge in [0, 0.05) is 0 Å². The lowest BCUT2D eigenvalue weighted by Crippen LogP contribution is -2.12. The van der Waals surface area contributed by atoms with Gasteiger partial charge in [-0.15, -0.1) is 0 Å². The smallest absolute Gasteiger partial charge is 0.240 e. The van der Waals surface area contributed by atoms with Crippen LogP contribution in [0.1, 0.15) is 31.6 Å². The molecule has 0 aliphatic heterocycles. The van der Waals surface area contributed by atoms with E-state index in [9.17, 15) is 0 Å². The second-order valence-electron chi connectivity index (χ2n) is 5.08. The first kappa shape index (κ1) is 13.9. The minimum atomic E-state index is 0.218. The lowest BCUT2D eigenvalue weighted by molar-refractivity contribution is 0.201. The molecule has 112 valence electrons. The van der Waals surface area contributed by atoms with Crippen molar-refractivity contribution in [3.05, 3.63) is 24.1 Å². The molecule has 1 heterocycles. The Morgan fingerprint density at radius 1 is 1.33 bits per heavy atom. The third kappa shape index (κ3) is 2.85. The first-order valence-corrected chi connectivity index (χ1v) is 7.18. The molecule has 1 aliphatic carbocycles. The van der Waals surface area contributed by atoms with Crippen LogP contribution >= 0.6 is 0 Å². The fraction of sp³-hybridized carbons (Fsp3) is 0.467. The monoisotopic (exact) mass is 289 g/mol. The van der Waals surface area contributed by atoms with Crippen LogP contribution in [0.15, 0.2) is 22.7 Å². The average molecular weight is 289 g/mol. The molecule has 2 N–H and O–H groups in total. The Morgan fingerprint density at radius 3 is 2.81 bits per heavy atom. The normalized spacial score (nSPS) is 15.3. The summed E-state index contributed by atoms with van der Waals surface area (Å²) in [6, 6.07) is 5.66. The van der Waals surface area contributed by atoms with Crippen LogP contribution in [0.2, 0.25) is 0 Å². The number of para-hydroxylation sites is 1. The number of nitrogens with zero attached hydrogens (tertiary/aromatic N) is 2. The zero-order valence-electron chi connectivity index (χ0n) is 12.0. The van der Waals surface area contributed by atoms with Gasteiger partial charge < -0.3 is 19.7 Å². The summed E-state index contributed by atoms with van der Waals surface area (Å²) in [6.07, 6.45) is 4.76. The quantitative estimate of drug-likeness (QED) is 0.910. The third-order valence-corrected chi connectivity index (χ3v) is 3.67. The van der Waals surface area contributed by atoms with Crippen molar-refractivity contribution < 1.29 is 14.0 Å². The summed E-state index contributed by atoms with van der Waals surface area (Å²) in [6.45, 7) is 0.218. The zero-order valence-corrected chi connectivity index (χ0v) is 12.0. The number of methoxy groups -OCH3 is 1. The number of hydrogen-bond donors (Lipinski definition) is 1. The molecule has 1 aromatic carbocycles. The Bertz CT molecular complexity index is 606. The molecule has 1 fully saturated rings. The summed E-state index contributed by atoms with van der Waals surface area (Å²) < 4.78 is 16.6. The molecule has 6 heteroatoms. The summed E-state index contributed by atoms with van der Waals surface area (Å²) in [5, 5.41) is 3.97. The van der Waals surface area contributed by atoms with E-state index in [4.69, 9.17) is 19.7 Å². The fourth-order valence-corrected chi connectivity index (χ4v) is 2.59. The van der Waals surface area contributed by atoms with Crippen molar-refractivity contribution in [2.75, 3.05) is 7.11 Å². The van der Waals surface area contributed by atoms with E-state index in [0.717, 1.165) is 18.4 Å². The first-order chi connectivity index (χ1) is 10.3. The summed E-state index contributed by atoms with van der Waals surface area (Å²) in [4.78, 5) is 4.27. The van der Waals surface area contributed by atoms with Crippen molar-refractivity contribution in [2.45, 2.75) is 38.3 Å². The molecule has 0 bridgehead atoms. The maximum Gasteiger partial charge on any atom is 0.240 e. The highest BCUT2D eigenvalue weighted by molar-refractivity contribution is 5.68. The van der Waals surface area contributed by atoms with Crippen LogP contribution in [-0.2, 0) is 6.54 Å². The Labute approximate surface area is 123 Å². The van der Waals surface area contributed by atoms with Gasteiger partial charge in [0.2, 0.25) is 11.7 Å². The fourth-order valence-electron chi connectivity index (χ4n) is 2.59. The Kier molecular flexibility index (Phi) is 4.06. The van der Waals surface area contributed by atoms with Crippen LogP contribution in [0.25, 0.3) is 11.4 Å². The molecular weight excluding hydrogens is 270 g/mol. The van der Waals surface area contributed by atoms with E-state index in [1.165, 1.54) is 12.8 Å². The highest BCUT2D eigenvalue weighted by Crippen LogP contribution is 2.39. The lowest BCUT2D eigenvalue weighted by Gasteiger charge is -2.17. The van der Waals surface area contributed by atoms with Crippen molar-refractivity contribution in [3.63, 3.8) is 0 Å². The van der Waals surface area contributed by atoms with Crippen LogP contribution in [0, 0.1) is 0 Å². The largest absolute Gasteiger partial charge is 0.493 e. The van der Waals surface area contributed by atoms with Gasteiger partial charge in [-0.25, -0.2) is 0 Å². The topological polar surface area (TPSA) is 83.4 Å². The molecule has 0 amide bonds. The van der Waals surface area contributed by atoms with Gasteiger partial charge in [0.1, 0.15) is 0 Å². The molecule has 0 atom stereocenters. The molecule has 6 nitrogen and oxygen atoms in total. The van der Waals surface area contributed by atoms with Gasteiger partial charge in [-0.05, 0) is 37.8 Å². The van der Waals surface area contributed by atoms with Crippen LogP contribution in [0.4, 0.5) is 0 Å². The van der Waals surface area contributed by atoms with E-state index in [2.05, 4.69) is 10.1 Å². The van der Waals surface area contributed by atoms with Gasteiger partial charge >= 0.3 is 0 Å². The Morgan fingerprint density at radius 2 is 2.14 bits per heavy atom. The summed E-state index contributed by atoms with van der Waals surface area (Å²) in [7, 11) is 1.63. The van der Waals surface area contributed by atoms with Crippen LogP contribution < -0.4 is 15.2 Å². The van der Waals surface area contributed by atoms with Crippen molar-refractivity contribution in [1.82, 2.24) is 10.1 Å². The molecule has 1 saturated carbocycles. The number of nitrogens with two attached hydrogens (primary N) is 1. The highest BCUT2D eigenvalue weighted by Gasteiger charge is 2.23. The van der Waals surface area contributed by atoms with Gasteiger partial charge in [-0.1, -0.05) is 11.2 Å². The maximum atomic E-state index is 6.15. The predicted octanol–water partition coefficient (Wildman–Crippen LogP) is 2.53. The standard InChI is InChI=1S/C15H19N3O3/c1-19-12-8-4-7-11(15-17-13(9-16)21-18-15)14(12)20-10-5-2-3-6-10/h4,7-8,10H,2-3,5-6,9,16H2,1H3. The SMILES string of the molecule is COc1cccc(-c2noc(CN)n2)c1OC1CCCC1. The molecule has 0 radical (unpaired) electrons. The highest BCUT2D eigenvalue weighted by atomic mass is 16.5. The van der Waals surface area contributed by atoms with Gasteiger partial charge in [-0.3, -0.25) is 0 Å². The number of rotatable bonds is 5. The second kappa shape index (κ2) is 6.13. The van der Waals surface area contributed by atoms with Gasteiger partial charge in [0.25, 0.3) is 0 Å². The van der Waals surface area contributed by atoms with Crippen molar-refractivity contribution >= 4 is 0 Å². The molecule has 21 heavy (non-hydrogen) atoms. The van der Waals surface area contributed by atoms with E-state index in [1.54, 1.807) is 7.11 Å². The summed E-state index contributed by atoms with van der Waals surface area (Å²) in [5.74, 6) is 2.23. The van der Waals surface area contributed by atoms with Gasteiger partial charge in [-0.2, -0.15) is 4.98 Å². The molecule has 3 rings (SSSR count). The third-order valence-electron chi connectivity index (χ3n) is 3.67. The number of aromatic nitrogens is 2. The summed E-state index contributed by atoms with van der Waals surface area (Å²) >= 11 is 0. The van der Waals surface area contributed by atoms with Crippen molar-refractivity contribution in [1.29, 1.82) is 0 Å². The van der Waals surface area contributed by atoms with Crippen molar-refractivity contribution in [2.24, 2.45) is 5.73 Å². The maximum absolute atomic E-state index is 6.15. The number of benzene rings is 1. The van der Waals surface area contributed by atoms with Crippen LogP contribution in [0.3, 0.4) is 0 Å². The van der Waals surface area contributed by atoms with E-state index in [-0.39, 0.29) is 12.6 Å². The van der Waals surface area contributed by atoms with E-state index >= 15 is 0 Å². The molecule has 2 aromatic rings. The first-order valence-electron chi connectivity index (χ1n) is 7.18. The Balaban J connectivity index is 1.97. The minimum absolute atomic E-state index is 0.218. The van der Waals surface area contributed by atoms with Gasteiger partial charge in [0.05, 0.1) is 25.3 Å². The molecule has 0 spiro atoms. The van der Waals surface area contributed by atoms with Crippen molar-refractivity contribution in [3.8, 4) is 22.9 Å². The minimum Gasteiger partial charge on any atom is -0.493 e. The molecular formula is C15H19N3O3. The van der Waals surface area contributed by atoms with E-state index in [1.807, 2.05) is 18.2 Å². The molecule has 1 aromatic heterocycles. The second-order valence-corrected chi connectivity index (χ2v) is 5.08. The zero-order chi connectivity index (χ0) is 14.7. The van der Waals surface area contributed by atoms with Crippen LogP contribution in [0.5, 0.6) is 11.5 Å². The van der Waals surface area contributed by atoms with Crippen LogP contribution in [-0.4, -0.2) is 23.4 Å². The predicted molar refractivity (Wildman–Crippen MR) is 77.1 cm³/mol. The van der Waals surface area contributed by atoms with E-state index in [0.29, 0.717) is 23.2 Å². The van der Waals surface area contributed by atoms with E-state index < -0.39 is 0 Å². The summed E-state index contributed by atoms with van der Waals surface area (Å²) in [5.41, 5.74) is 6.28.